The quantitative estimate of drug-likeness (QED) is 0.713. The largest absolute Gasteiger partial charge is 0.205 e. The van der Waals surface area contributed by atoms with E-state index in [4.69, 9.17) is 0 Å². The second kappa shape index (κ2) is 4.41. The third-order valence-corrected chi connectivity index (χ3v) is 2.81. The van der Waals surface area contributed by atoms with Crippen molar-refractivity contribution in [3.63, 3.8) is 0 Å². The first-order valence-corrected chi connectivity index (χ1v) is 5.38. The summed E-state index contributed by atoms with van der Waals surface area (Å²) in [5.41, 5.74) is 1.89. The van der Waals surface area contributed by atoms with Crippen LogP contribution in [-0.2, 0) is 0 Å². The first-order chi connectivity index (χ1) is 7.25. The Morgan fingerprint density at radius 2 is 1.93 bits per heavy atom. The Hall–Kier alpha value is -1.41. The molecule has 0 aliphatic carbocycles. The van der Waals surface area contributed by atoms with Crippen LogP contribution in [0.3, 0.4) is 0 Å². The summed E-state index contributed by atoms with van der Waals surface area (Å²) in [5.74, 6) is -0.193. The molecular weight excluding hydrogens is 207 g/mol. The summed E-state index contributed by atoms with van der Waals surface area (Å²) in [7, 11) is 0. The summed E-state index contributed by atoms with van der Waals surface area (Å²) >= 11 is 1.37. The Bertz CT molecular complexity index is 466. The molecule has 0 aliphatic heterocycles. The number of benzene rings is 1. The maximum atomic E-state index is 13.0. The molecule has 2 heteroatoms. The monoisotopic (exact) mass is 216 g/mol. The average Bonchev–Trinajstić information content (AvgIpc) is 2.63. The van der Waals surface area contributed by atoms with Crippen LogP contribution in [0.2, 0.25) is 0 Å². The predicted molar refractivity (Wildman–Crippen MR) is 62.0 cm³/mol. The van der Waals surface area contributed by atoms with Crippen LogP contribution in [0.5, 0.6) is 0 Å². The van der Waals surface area contributed by atoms with Gasteiger partial charge in [0, 0.05) is 0 Å². The molecule has 0 nitrogen and oxygen atoms in total. The van der Waals surface area contributed by atoms with E-state index in [0.717, 1.165) is 11.1 Å². The summed E-state index contributed by atoms with van der Waals surface area (Å²) in [6.45, 7) is 3.79. The molecule has 1 heterocycles. The maximum Gasteiger partial charge on any atom is 0.141 e. The van der Waals surface area contributed by atoms with Gasteiger partial charge < -0.3 is 0 Å². The van der Waals surface area contributed by atoms with E-state index in [0.29, 0.717) is 4.88 Å². The summed E-state index contributed by atoms with van der Waals surface area (Å²) < 4.78 is 13.0. The Labute approximate surface area is 92.7 Å². The molecule has 74 valence electrons. The van der Waals surface area contributed by atoms with Crippen LogP contribution in [0.4, 0.5) is 4.39 Å². The molecule has 0 bridgehead atoms. The van der Waals surface area contributed by atoms with Crippen molar-refractivity contribution >= 4 is 17.4 Å². The first kappa shape index (κ1) is 10.1. The maximum absolute atomic E-state index is 13.0. The molecule has 1 aromatic carbocycles. The summed E-state index contributed by atoms with van der Waals surface area (Å²) in [4.78, 5) is 0.605. The molecule has 2 aromatic rings. The van der Waals surface area contributed by atoms with Crippen molar-refractivity contribution in [3.8, 4) is 0 Å². The molecule has 0 fully saturated rings. The molecule has 0 saturated heterocycles. The minimum Gasteiger partial charge on any atom is -0.205 e. The van der Waals surface area contributed by atoms with Crippen LogP contribution >= 0.6 is 11.3 Å². The molecule has 0 unspecified atom stereocenters. The topological polar surface area (TPSA) is 0 Å². The zero-order valence-electron chi connectivity index (χ0n) is 8.03. The second-order valence-electron chi connectivity index (χ2n) is 3.12. The summed E-state index contributed by atoms with van der Waals surface area (Å²) in [5, 5.41) is 1.72. The standard InChI is InChI=1S/C13H9FS/c1-10-2-4-11(5-3-10)6-7-13-12(14)8-9-15-13/h2-5,7-9H,1H2. The van der Waals surface area contributed by atoms with Gasteiger partial charge in [0.15, 0.2) is 0 Å². The Morgan fingerprint density at radius 3 is 2.53 bits per heavy atom. The Balaban J connectivity index is 2.19. The van der Waals surface area contributed by atoms with Crippen LogP contribution in [0.25, 0.3) is 6.08 Å². The van der Waals surface area contributed by atoms with Gasteiger partial charge in [-0.15, -0.1) is 11.3 Å². The highest BCUT2D eigenvalue weighted by Crippen LogP contribution is 2.17. The van der Waals surface area contributed by atoms with Gasteiger partial charge in [0.1, 0.15) is 5.82 Å². The fourth-order valence-electron chi connectivity index (χ4n) is 1.16. The summed E-state index contributed by atoms with van der Waals surface area (Å²) in [6.07, 6.45) is 4.70. The van der Waals surface area contributed by atoms with Gasteiger partial charge in [-0.2, -0.15) is 0 Å². The predicted octanol–water partition coefficient (Wildman–Crippen LogP) is 3.93. The molecule has 0 atom stereocenters. The van der Waals surface area contributed by atoms with Gasteiger partial charge in [0.05, 0.1) is 4.88 Å². The number of hydrogen-bond donors (Lipinski definition) is 0. The highest BCUT2D eigenvalue weighted by atomic mass is 32.1. The van der Waals surface area contributed by atoms with Crippen molar-refractivity contribution in [3.05, 3.63) is 70.5 Å². The minimum absolute atomic E-state index is 0.193. The van der Waals surface area contributed by atoms with E-state index in [1.54, 1.807) is 11.5 Å². The SMILES string of the molecule is [CH2]c1ccc([C]=Cc2sccc2F)cc1. The van der Waals surface area contributed by atoms with Gasteiger partial charge in [-0.05, 0) is 41.6 Å². The van der Waals surface area contributed by atoms with E-state index in [2.05, 4.69) is 13.0 Å². The van der Waals surface area contributed by atoms with Crippen LogP contribution < -0.4 is 0 Å². The van der Waals surface area contributed by atoms with Gasteiger partial charge in [0.2, 0.25) is 0 Å². The number of thiophene rings is 1. The molecule has 2 radical (unpaired) electrons. The molecule has 15 heavy (non-hydrogen) atoms. The molecule has 2 rings (SSSR count). The Kier molecular flexibility index (Phi) is 2.97. The molecule has 0 N–H and O–H groups in total. The van der Waals surface area contributed by atoms with E-state index in [1.165, 1.54) is 17.4 Å². The smallest absolute Gasteiger partial charge is 0.141 e. The molecule has 0 amide bonds. The number of halogens is 1. The van der Waals surface area contributed by atoms with E-state index < -0.39 is 0 Å². The van der Waals surface area contributed by atoms with E-state index in [-0.39, 0.29) is 5.82 Å². The third-order valence-electron chi connectivity index (χ3n) is 1.97. The van der Waals surface area contributed by atoms with Crippen LogP contribution in [-0.4, -0.2) is 0 Å². The van der Waals surface area contributed by atoms with Crippen LogP contribution in [0, 0.1) is 18.8 Å². The highest BCUT2D eigenvalue weighted by molar-refractivity contribution is 7.10. The lowest BCUT2D eigenvalue weighted by molar-refractivity contribution is 0.631. The molecule has 0 spiro atoms. The van der Waals surface area contributed by atoms with Gasteiger partial charge >= 0.3 is 0 Å². The van der Waals surface area contributed by atoms with Crippen molar-refractivity contribution in [2.24, 2.45) is 0 Å². The van der Waals surface area contributed by atoms with Crippen molar-refractivity contribution in [2.45, 2.75) is 0 Å². The third kappa shape index (κ3) is 2.54. The van der Waals surface area contributed by atoms with Crippen molar-refractivity contribution in [1.29, 1.82) is 0 Å². The van der Waals surface area contributed by atoms with E-state index in [9.17, 15) is 4.39 Å². The zero-order valence-corrected chi connectivity index (χ0v) is 8.85. The normalized spacial score (nSPS) is 11.1. The lowest BCUT2D eigenvalue weighted by atomic mass is 10.1. The molecular formula is C13H9FS. The van der Waals surface area contributed by atoms with E-state index >= 15 is 0 Å². The average molecular weight is 216 g/mol. The molecule has 0 aliphatic rings. The van der Waals surface area contributed by atoms with Gasteiger partial charge in [0.25, 0.3) is 0 Å². The fourth-order valence-corrected chi connectivity index (χ4v) is 1.80. The fraction of sp³-hybridized carbons (Fsp3) is 0. The van der Waals surface area contributed by atoms with Gasteiger partial charge in [-0.1, -0.05) is 24.3 Å². The lowest BCUT2D eigenvalue weighted by Crippen LogP contribution is -1.75. The minimum atomic E-state index is -0.193. The molecule has 0 saturated carbocycles. The Morgan fingerprint density at radius 1 is 1.20 bits per heavy atom. The second-order valence-corrected chi connectivity index (χ2v) is 4.07. The van der Waals surface area contributed by atoms with Crippen molar-refractivity contribution in [2.75, 3.05) is 0 Å². The number of rotatable bonds is 2. The van der Waals surface area contributed by atoms with Crippen LogP contribution in [0.15, 0.2) is 35.7 Å². The van der Waals surface area contributed by atoms with Crippen molar-refractivity contribution in [1.82, 2.24) is 0 Å². The zero-order chi connectivity index (χ0) is 10.7. The van der Waals surface area contributed by atoms with Crippen molar-refractivity contribution < 1.29 is 4.39 Å². The van der Waals surface area contributed by atoms with Gasteiger partial charge in [-0.3, -0.25) is 0 Å². The lowest BCUT2D eigenvalue weighted by Gasteiger charge is -1.93. The van der Waals surface area contributed by atoms with Crippen LogP contribution in [0.1, 0.15) is 16.0 Å². The van der Waals surface area contributed by atoms with E-state index in [1.807, 2.05) is 24.3 Å². The summed E-state index contributed by atoms with van der Waals surface area (Å²) in [6, 6.07) is 9.08. The molecule has 1 aromatic heterocycles. The number of hydrogen-bond acceptors (Lipinski definition) is 1. The first-order valence-electron chi connectivity index (χ1n) is 4.50. The van der Waals surface area contributed by atoms with Gasteiger partial charge in [-0.25, -0.2) is 4.39 Å². The highest BCUT2D eigenvalue weighted by Gasteiger charge is 1.98.